The number of amides is 1. The lowest BCUT2D eigenvalue weighted by atomic mass is 9.91. The van der Waals surface area contributed by atoms with Crippen LogP contribution in [0.25, 0.3) is 11.3 Å². The first-order chi connectivity index (χ1) is 13.5. The summed E-state index contributed by atoms with van der Waals surface area (Å²) in [6.07, 6.45) is 5.97. The number of nitrogens with zero attached hydrogens (tertiary/aromatic N) is 3. The van der Waals surface area contributed by atoms with Gasteiger partial charge in [-0.15, -0.1) is 0 Å². The number of imidazole rings is 1. The molecule has 28 heavy (non-hydrogen) atoms. The van der Waals surface area contributed by atoms with Gasteiger partial charge in [-0.25, -0.2) is 4.98 Å². The van der Waals surface area contributed by atoms with E-state index < -0.39 is 0 Å². The van der Waals surface area contributed by atoms with Gasteiger partial charge >= 0.3 is 0 Å². The Morgan fingerprint density at radius 3 is 2.71 bits per heavy atom. The Balaban J connectivity index is 1.78. The molecule has 1 amide bonds. The fraction of sp³-hybridized carbons (Fsp3) is 0.182. The summed E-state index contributed by atoms with van der Waals surface area (Å²) in [6, 6.07) is 11.8. The van der Waals surface area contributed by atoms with E-state index in [1.807, 2.05) is 47.0 Å². The predicted octanol–water partition coefficient (Wildman–Crippen LogP) is 4.55. The molecular weight excluding hydrogens is 372 g/mol. The molecule has 0 atom stereocenters. The number of hydrogen-bond donors (Lipinski definition) is 1. The first-order valence-electron chi connectivity index (χ1n) is 9.12. The third-order valence-corrected chi connectivity index (χ3v) is 5.23. The van der Waals surface area contributed by atoms with Crippen LogP contribution >= 0.6 is 11.6 Å². The van der Waals surface area contributed by atoms with Gasteiger partial charge in [0.05, 0.1) is 12.0 Å². The summed E-state index contributed by atoms with van der Waals surface area (Å²) in [5, 5.41) is 4.20. The zero-order chi connectivity index (χ0) is 19.7. The molecule has 1 aliphatic rings. The molecule has 0 saturated carbocycles. The first-order valence-corrected chi connectivity index (χ1v) is 9.50. The Labute approximate surface area is 169 Å². The van der Waals surface area contributed by atoms with Gasteiger partial charge in [-0.2, -0.15) is 0 Å². The van der Waals surface area contributed by atoms with Crippen molar-refractivity contribution in [1.82, 2.24) is 14.5 Å². The van der Waals surface area contributed by atoms with Gasteiger partial charge in [0, 0.05) is 48.3 Å². The molecule has 2 heterocycles. The number of fused-ring (bicyclic) bond motifs is 1. The van der Waals surface area contributed by atoms with E-state index in [4.69, 9.17) is 11.6 Å². The van der Waals surface area contributed by atoms with Crippen LogP contribution in [0, 0.1) is 0 Å². The van der Waals surface area contributed by atoms with Gasteiger partial charge in [0.2, 0.25) is 5.91 Å². The van der Waals surface area contributed by atoms with Crippen LogP contribution in [0.5, 0.6) is 0 Å². The molecule has 1 aromatic heterocycles. The SMILES string of the molecule is C=CC(=O)N1CCc2c(ccc(Nc3ccc(Cl)cc3)c2-c2cn(C)cn2)C1. The summed E-state index contributed by atoms with van der Waals surface area (Å²) in [5.41, 5.74) is 6.32. The van der Waals surface area contributed by atoms with Gasteiger partial charge in [-0.3, -0.25) is 4.79 Å². The monoisotopic (exact) mass is 392 g/mol. The highest BCUT2D eigenvalue weighted by Gasteiger charge is 2.24. The number of hydrogen-bond acceptors (Lipinski definition) is 3. The Hall–Kier alpha value is -3.05. The number of nitrogens with one attached hydrogen (secondary N) is 1. The largest absolute Gasteiger partial charge is 0.355 e. The summed E-state index contributed by atoms with van der Waals surface area (Å²) in [5.74, 6) is -0.0339. The van der Waals surface area contributed by atoms with Crippen molar-refractivity contribution >= 4 is 28.9 Å². The third-order valence-electron chi connectivity index (χ3n) is 4.97. The molecule has 2 aromatic carbocycles. The number of carbonyl (C=O) groups excluding carboxylic acids is 1. The van der Waals surface area contributed by atoms with Crippen molar-refractivity contribution in [2.24, 2.45) is 7.05 Å². The zero-order valence-corrected chi connectivity index (χ0v) is 16.4. The molecule has 142 valence electrons. The molecule has 0 bridgehead atoms. The minimum Gasteiger partial charge on any atom is -0.355 e. The van der Waals surface area contributed by atoms with Crippen molar-refractivity contribution in [3.63, 3.8) is 0 Å². The number of aryl methyl sites for hydroxylation is 1. The van der Waals surface area contributed by atoms with Crippen LogP contribution in [0.1, 0.15) is 11.1 Å². The maximum atomic E-state index is 12.0. The van der Waals surface area contributed by atoms with Crippen molar-refractivity contribution < 1.29 is 4.79 Å². The van der Waals surface area contributed by atoms with Crippen LogP contribution in [-0.4, -0.2) is 26.9 Å². The molecule has 0 fully saturated rings. The van der Waals surface area contributed by atoms with Crippen LogP contribution in [0.3, 0.4) is 0 Å². The molecule has 0 saturated heterocycles. The summed E-state index contributed by atoms with van der Waals surface area (Å²) in [7, 11) is 1.96. The van der Waals surface area contributed by atoms with Crippen LogP contribution in [0.2, 0.25) is 5.02 Å². The number of rotatable bonds is 4. The molecule has 0 unspecified atom stereocenters. The number of carbonyl (C=O) groups is 1. The van der Waals surface area contributed by atoms with Gasteiger partial charge in [-0.1, -0.05) is 24.2 Å². The third kappa shape index (κ3) is 3.53. The summed E-state index contributed by atoms with van der Waals surface area (Å²) in [6.45, 7) is 4.86. The standard InChI is InChI=1S/C22H21ClN4O/c1-3-21(28)27-11-10-18-15(12-27)4-9-19(22(18)20-13-26(2)14-24-20)25-17-7-5-16(23)6-8-17/h3-9,13-14,25H,1,10-12H2,2H3. The molecule has 1 aliphatic heterocycles. The Morgan fingerprint density at radius 2 is 2.04 bits per heavy atom. The fourth-order valence-electron chi connectivity index (χ4n) is 3.60. The molecule has 5 nitrogen and oxygen atoms in total. The fourth-order valence-corrected chi connectivity index (χ4v) is 3.73. The van der Waals surface area contributed by atoms with E-state index in [0.29, 0.717) is 18.1 Å². The number of anilines is 2. The van der Waals surface area contributed by atoms with Gasteiger partial charge in [0.1, 0.15) is 0 Å². The van der Waals surface area contributed by atoms with E-state index in [1.54, 1.807) is 6.33 Å². The second-order valence-electron chi connectivity index (χ2n) is 6.90. The van der Waals surface area contributed by atoms with Crippen molar-refractivity contribution in [3.8, 4) is 11.3 Å². The van der Waals surface area contributed by atoms with E-state index in [9.17, 15) is 4.79 Å². The van der Waals surface area contributed by atoms with E-state index in [0.717, 1.165) is 34.6 Å². The number of aromatic nitrogens is 2. The number of halogens is 1. The normalized spacial score (nSPS) is 13.1. The average Bonchev–Trinajstić information content (AvgIpc) is 3.14. The van der Waals surface area contributed by atoms with Gasteiger partial charge in [-0.05, 0) is 54.0 Å². The predicted molar refractivity (Wildman–Crippen MR) is 113 cm³/mol. The summed E-state index contributed by atoms with van der Waals surface area (Å²) < 4.78 is 1.94. The summed E-state index contributed by atoms with van der Waals surface area (Å²) in [4.78, 5) is 18.4. The molecule has 3 aromatic rings. The maximum Gasteiger partial charge on any atom is 0.246 e. The minimum atomic E-state index is -0.0339. The Bertz CT molecular complexity index is 1040. The molecule has 0 aliphatic carbocycles. The van der Waals surface area contributed by atoms with E-state index in [1.165, 1.54) is 11.6 Å². The molecule has 4 rings (SSSR count). The molecule has 1 N–H and O–H groups in total. The lowest BCUT2D eigenvalue weighted by Gasteiger charge is -2.30. The maximum absolute atomic E-state index is 12.0. The van der Waals surface area contributed by atoms with E-state index in [2.05, 4.69) is 29.0 Å². The molecule has 0 radical (unpaired) electrons. The van der Waals surface area contributed by atoms with Gasteiger partial charge in [0.25, 0.3) is 0 Å². The van der Waals surface area contributed by atoms with Crippen molar-refractivity contribution in [2.75, 3.05) is 11.9 Å². The Morgan fingerprint density at radius 1 is 1.25 bits per heavy atom. The smallest absolute Gasteiger partial charge is 0.246 e. The second-order valence-corrected chi connectivity index (χ2v) is 7.33. The minimum absolute atomic E-state index is 0.0339. The van der Waals surface area contributed by atoms with Crippen LogP contribution in [0.15, 0.2) is 61.6 Å². The molecular formula is C22H21ClN4O. The lowest BCUT2D eigenvalue weighted by molar-refractivity contribution is -0.126. The summed E-state index contributed by atoms with van der Waals surface area (Å²) >= 11 is 6.01. The van der Waals surface area contributed by atoms with Crippen molar-refractivity contribution in [2.45, 2.75) is 13.0 Å². The lowest BCUT2D eigenvalue weighted by Crippen LogP contribution is -2.35. The van der Waals surface area contributed by atoms with Crippen molar-refractivity contribution in [1.29, 1.82) is 0 Å². The van der Waals surface area contributed by atoms with E-state index >= 15 is 0 Å². The number of benzene rings is 2. The highest BCUT2D eigenvalue weighted by molar-refractivity contribution is 6.30. The Kier molecular flexibility index (Phi) is 4.92. The molecule has 0 spiro atoms. The van der Waals surface area contributed by atoms with Crippen molar-refractivity contribution in [3.05, 3.63) is 77.7 Å². The van der Waals surface area contributed by atoms with Crippen LogP contribution in [0.4, 0.5) is 11.4 Å². The van der Waals surface area contributed by atoms with Crippen LogP contribution < -0.4 is 5.32 Å². The zero-order valence-electron chi connectivity index (χ0n) is 15.7. The average molecular weight is 393 g/mol. The van der Waals surface area contributed by atoms with Gasteiger partial charge in [0.15, 0.2) is 0 Å². The quantitative estimate of drug-likeness (QED) is 0.662. The second kappa shape index (κ2) is 7.52. The van der Waals surface area contributed by atoms with Crippen LogP contribution in [-0.2, 0) is 24.8 Å². The van der Waals surface area contributed by atoms with Gasteiger partial charge < -0.3 is 14.8 Å². The highest BCUT2D eigenvalue weighted by Crippen LogP contribution is 2.37. The molecule has 6 heteroatoms. The van der Waals surface area contributed by atoms with E-state index in [-0.39, 0.29) is 5.91 Å². The topological polar surface area (TPSA) is 50.2 Å². The first kappa shape index (κ1) is 18.3. The highest BCUT2D eigenvalue weighted by atomic mass is 35.5.